The molecule has 1 fully saturated rings. The first kappa shape index (κ1) is 25.3. The Morgan fingerprint density at radius 3 is 2.70 bits per heavy atom. The normalized spacial score (nSPS) is 14.6. The van der Waals surface area contributed by atoms with E-state index in [4.69, 9.17) is 26.4 Å². The van der Waals surface area contributed by atoms with Gasteiger partial charge in [0.1, 0.15) is 10.9 Å². The highest BCUT2D eigenvalue weighted by atomic mass is 79.9. The number of carbonyl (C=O) groups is 2. The molecule has 1 saturated heterocycles. The van der Waals surface area contributed by atoms with Crippen LogP contribution in [0.25, 0.3) is 6.08 Å². The van der Waals surface area contributed by atoms with Gasteiger partial charge in [0, 0.05) is 6.54 Å². The van der Waals surface area contributed by atoms with Crippen molar-refractivity contribution in [1.29, 1.82) is 0 Å². The summed E-state index contributed by atoms with van der Waals surface area (Å²) in [6.45, 7) is 2.90. The summed E-state index contributed by atoms with van der Waals surface area (Å²) < 4.78 is 17.7. The molecule has 174 valence electrons. The van der Waals surface area contributed by atoms with Crippen LogP contribution < -0.4 is 9.47 Å². The Morgan fingerprint density at radius 1 is 1.24 bits per heavy atom. The van der Waals surface area contributed by atoms with E-state index in [1.807, 2.05) is 43.3 Å². The van der Waals surface area contributed by atoms with Crippen LogP contribution >= 0.6 is 39.9 Å². The predicted molar refractivity (Wildman–Crippen MR) is 137 cm³/mol. The van der Waals surface area contributed by atoms with Crippen molar-refractivity contribution in [3.05, 3.63) is 63.0 Å². The number of methoxy groups -OCH3 is 1. The molecule has 6 nitrogen and oxygen atoms in total. The van der Waals surface area contributed by atoms with E-state index in [1.165, 1.54) is 16.7 Å². The number of ether oxygens (including phenoxy) is 3. The van der Waals surface area contributed by atoms with Gasteiger partial charge in [-0.2, -0.15) is 0 Å². The third kappa shape index (κ3) is 6.82. The lowest BCUT2D eigenvalue weighted by atomic mass is 10.1. The van der Waals surface area contributed by atoms with Crippen molar-refractivity contribution < 1.29 is 23.8 Å². The standard InChI is InChI=1S/C24H24BrNO5S2/c1-3-11-30-21(27)9-10-26-23(28)20(33-24(26)32)14-17-12-18(25)22(19(13-17)29-2)31-15-16-7-5-4-6-8-16/h4-8,12-14H,3,9-11,15H2,1-2H3/b20-14-. The number of halogens is 1. The molecule has 3 rings (SSSR count). The Morgan fingerprint density at radius 2 is 2.00 bits per heavy atom. The fourth-order valence-electron chi connectivity index (χ4n) is 3.03. The Hall–Kier alpha value is -2.36. The number of hydrogen-bond donors (Lipinski definition) is 0. The third-order valence-corrected chi connectivity index (χ3v) is 6.62. The van der Waals surface area contributed by atoms with Crippen LogP contribution in [0.3, 0.4) is 0 Å². The molecule has 0 aliphatic carbocycles. The highest BCUT2D eigenvalue weighted by Gasteiger charge is 2.32. The first-order valence-electron chi connectivity index (χ1n) is 10.4. The third-order valence-electron chi connectivity index (χ3n) is 4.66. The molecule has 33 heavy (non-hydrogen) atoms. The maximum Gasteiger partial charge on any atom is 0.307 e. The Kier molecular flexibility index (Phi) is 9.34. The highest BCUT2D eigenvalue weighted by Crippen LogP contribution is 2.39. The predicted octanol–water partition coefficient (Wildman–Crippen LogP) is 5.58. The monoisotopic (exact) mass is 549 g/mol. The van der Waals surface area contributed by atoms with Crippen LogP contribution in [0.5, 0.6) is 11.5 Å². The molecule has 0 spiro atoms. The second kappa shape index (κ2) is 12.2. The number of amides is 1. The molecule has 9 heteroatoms. The average molecular weight is 550 g/mol. The van der Waals surface area contributed by atoms with Crippen LogP contribution in [0.4, 0.5) is 0 Å². The van der Waals surface area contributed by atoms with Crippen molar-refractivity contribution in [2.45, 2.75) is 26.4 Å². The van der Waals surface area contributed by atoms with Crippen LogP contribution in [0.1, 0.15) is 30.9 Å². The van der Waals surface area contributed by atoms with Gasteiger partial charge in [-0.3, -0.25) is 14.5 Å². The molecule has 0 bridgehead atoms. The number of thioether (sulfide) groups is 1. The summed E-state index contributed by atoms with van der Waals surface area (Å²) in [6.07, 6.45) is 2.61. The molecule has 1 aliphatic rings. The van der Waals surface area contributed by atoms with Crippen molar-refractivity contribution in [2.75, 3.05) is 20.3 Å². The minimum Gasteiger partial charge on any atom is -0.493 e. The first-order valence-corrected chi connectivity index (χ1v) is 12.4. The largest absolute Gasteiger partial charge is 0.493 e. The minimum atomic E-state index is -0.338. The lowest BCUT2D eigenvalue weighted by molar-refractivity contribution is -0.143. The van der Waals surface area contributed by atoms with Crippen LogP contribution in [-0.4, -0.2) is 41.4 Å². The zero-order valence-corrected chi connectivity index (χ0v) is 21.6. The number of benzene rings is 2. The van der Waals surface area contributed by atoms with E-state index in [-0.39, 0.29) is 24.8 Å². The Balaban J connectivity index is 1.72. The van der Waals surface area contributed by atoms with E-state index >= 15 is 0 Å². The molecule has 1 amide bonds. The van der Waals surface area contributed by atoms with Gasteiger partial charge < -0.3 is 14.2 Å². The number of thiocarbonyl (C=S) groups is 1. The molecular weight excluding hydrogens is 526 g/mol. The number of nitrogens with zero attached hydrogens (tertiary/aromatic N) is 1. The van der Waals surface area contributed by atoms with E-state index in [1.54, 1.807) is 19.3 Å². The lowest BCUT2D eigenvalue weighted by Crippen LogP contribution is -2.30. The second-order valence-corrected chi connectivity index (χ2v) is 9.64. The van der Waals surface area contributed by atoms with E-state index in [0.717, 1.165) is 17.5 Å². The van der Waals surface area contributed by atoms with Gasteiger partial charge in [0.05, 0.1) is 29.5 Å². The number of hydrogen-bond acceptors (Lipinski definition) is 7. The minimum absolute atomic E-state index is 0.104. The van der Waals surface area contributed by atoms with Crippen LogP contribution in [0.2, 0.25) is 0 Å². The molecule has 0 unspecified atom stereocenters. The molecule has 0 aromatic heterocycles. The van der Waals surface area contributed by atoms with Gasteiger partial charge in [0.25, 0.3) is 5.91 Å². The molecular formula is C24H24BrNO5S2. The van der Waals surface area contributed by atoms with Gasteiger partial charge in [-0.1, -0.05) is 61.2 Å². The molecule has 0 N–H and O–H groups in total. The van der Waals surface area contributed by atoms with Crippen molar-refractivity contribution >= 4 is 62.2 Å². The van der Waals surface area contributed by atoms with Crippen molar-refractivity contribution in [3.63, 3.8) is 0 Å². The topological polar surface area (TPSA) is 65.1 Å². The van der Waals surface area contributed by atoms with Crippen molar-refractivity contribution in [1.82, 2.24) is 4.90 Å². The van der Waals surface area contributed by atoms with E-state index in [2.05, 4.69) is 15.9 Å². The van der Waals surface area contributed by atoms with Gasteiger partial charge in [-0.15, -0.1) is 0 Å². The summed E-state index contributed by atoms with van der Waals surface area (Å²) in [5, 5.41) is 0. The summed E-state index contributed by atoms with van der Waals surface area (Å²) in [4.78, 5) is 26.5. The van der Waals surface area contributed by atoms with Crippen LogP contribution in [-0.2, 0) is 20.9 Å². The summed E-state index contributed by atoms with van der Waals surface area (Å²) in [6, 6.07) is 13.5. The molecule has 0 saturated carbocycles. The SMILES string of the molecule is CCCOC(=O)CCN1C(=O)/C(=C/c2cc(Br)c(OCc3ccccc3)c(OC)c2)SC1=S. The van der Waals surface area contributed by atoms with Gasteiger partial charge in [-0.05, 0) is 51.7 Å². The lowest BCUT2D eigenvalue weighted by Gasteiger charge is -2.14. The van der Waals surface area contributed by atoms with Gasteiger partial charge >= 0.3 is 5.97 Å². The number of carbonyl (C=O) groups excluding carboxylic acids is 2. The first-order chi connectivity index (χ1) is 15.9. The van der Waals surface area contributed by atoms with Gasteiger partial charge in [-0.25, -0.2) is 0 Å². The Bertz CT molecular complexity index is 1060. The fraction of sp³-hybridized carbons (Fsp3) is 0.292. The quantitative estimate of drug-likeness (QED) is 0.217. The van der Waals surface area contributed by atoms with E-state index in [0.29, 0.717) is 38.4 Å². The number of rotatable bonds is 10. The molecule has 1 heterocycles. The van der Waals surface area contributed by atoms with Crippen molar-refractivity contribution in [3.8, 4) is 11.5 Å². The highest BCUT2D eigenvalue weighted by molar-refractivity contribution is 9.10. The fourth-order valence-corrected chi connectivity index (χ4v) is 4.91. The summed E-state index contributed by atoms with van der Waals surface area (Å²) in [7, 11) is 1.57. The molecule has 0 atom stereocenters. The summed E-state index contributed by atoms with van der Waals surface area (Å²) in [5.41, 5.74) is 1.80. The zero-order valence-electron chi connectivity index (χ0n) is 18.3. The number of esters is 1. The zero-order chi connectivity index (χ0) is 23.8. The molecule has 2 aromatic carbocycles. The van der Waals surface area contributed by atoms with E-state index < -0.39 is 0 Å². The maximum absolute atomic E-state index is 12.8. The Labute approximate surface area is 211 Å². The molecule has 2 aromatic rings. The molecule has 1 aliphatic heterocycles. The smallest absolute Gasteiger partial charge is 0.307 e. The van der Waals surface area contributed by atoms with Crippen molar-refractivity contribution in [2.24, 2.45) is 0 Å². The van der Waals surface area contributed by atoms with Gasteiger partial charge in [0.2, 0.25) is 0 Å². The van der Waals surface area contributed by atoms with Crippen LogP contribution in [0, 0.1) is 0 Å². The van der Waals surface area contributed by atoms with Crippen LogP contribution in [0.15, 0.2) is 51.8 Å². The summed E-state index contributed by atoms with van der Waals surface area (Å²) in [5.74, 6) is 0.555. The maximum atomic E-state index is 12.8. The molecule has 0 radical (unpaired) electrons. The van der Waals surface area contributed by atoms with Gasteiger partial charge in [0.15, 0.2) is 11.5 Å². The van der Waals surface area contributed by atoms with E-state index in [9.17, 15) is 9.59 Å². The average Bonchev–Trinajstić information content (AvgIpc) is 3.07. The summed E-state index contributed by atoms with van der Waals surface area (Å²) >= 11 is 10.1. The second-order valence-electron chi connectivity index (χ2n) is 7.11.